The van der Waals surface area contributed by atoms with Gasteiger partial charge >= 0.3 is 6.18 Å². The molecule has 1 aromatic heterocycles. The zero-order chi connectivity index (χ0) is 17.4. The largest absolute Gasteiger partial charge is 0.491 e. The number of nitrogens with zero attached hydrogens (tertiary/aromatic N) is 1. The van der Waals surface area contributed by atoms with E-state index in [0.717, 1.165) is 0 Å². The van der Waals surface area contributed by atoms with Crippen LogP contribution in [0.4, 0.5) is 13.2 Å². The van der Waals surface area contributed by atoms with Gasteiger partial charge in [-0.15, -0.1) is 0 Å². The zero-order valence-corrected chi connectivity index (χ0v) is 12.6. The summed E-state index contributed by atoms with van der Waals surface area (Å²) in [5, 5.41) is 9.51. The molecule has 1 aromatic carbocycles. The number of aliphatic hydroxyl groups excluding tert-OH is 1. The molecule has 8 heteroatoms. The van der Waals surface area contributed by atoms with Crippen molar-refractivity contribution in [1.82, 2.24) is 4.98 Å². The maximum Gasteiger partial charge on any atom is 0.411 e. The Morgan fingerprint density at radius 3 is 2.33 bits per heavy atom. The summed E-state index contributed by atoms with van der Waals surface area (Å²) in [6.45, 7) is -2.04. The van der Waals surface area contributed by atoms with Gasteiger partial charge in [-0.2, -0.15) is 13.2 Å². The minimum Gasteiger partial charge on any atom is -0.491 e. The molecule has 0 aliphatic heterocycles. The fourth-order valence-corrected chi connectivity index (χ4v) is 1.68. The highest BCUT2D eigenvalue weighted by Crippen LogP contribution is 2.22. The number of benzene rings is 1. The van der Waals surface area contributed by atoms with Crippen LogP contribution < -0.4 is 9.47 Å². The zero-order valence-electron chi connectivity index (χ0n) is 12.6. The predicted molar refractivity (Wildman–Crippen MR) is 79.1 cm³/mol. The predicted octanol–water partition coefficient (Wildman–Crippen LogP) is 3.19. The van der Waals surface area contributed by atoms with E-state index in [0.29, 0.717) is 17.4 Å². The smallest absolute Gasteiger partial charge is 0.411 e. The minimum absolute atomic E-state index is 0.182. The van der Waals surface area contributed by atoms with Crippen LogP contribution in [0.2, 0.25) is 0 Å². The van der Waals surface area contributed by atoms with Gasteiger partial charge in [0.1, 0.15) is 30.8 Å². The van der Waals surface area contributed by atoms with Crippen LogP contribution in [-0.4, -0.2) is 42.2 Å². The van der Waals surface area contributed by atoms with E-state index in [-0.39, 0.29) is 6.61 Å². The van der Waals surface area contributed by atoms with Crippen molar-refractivity contribution < 1.29 is 32.5 Å². The van der Waals surface area contributed by atoms with Crippen LogP contribution in [0.15, 0.2) is 48.7 Å². The van der Waals surface area contributed by atoms with Crippen LogP contribution in [0, 0.1) is 0 Å². The van der Waals surface area contributed by atoms with Gasteiger partial charge in [0.05, 0.1) is 6.61 Å². The monoisotopic (exact) mass is 343 g/mol. The number of hydrogen-bond donors (Lipinski definition) is 1. The Labute approximate surface area is 136 Å². The summed E-state index contributed by atoms with van der Waals surface area (Å²) in [6, 6.07) is 11.8. The number of aliphatic hydroxyl groups is 1. The van der Waals surface area contributed by atoms with Gasteiger partial charge in [0.2, 0.25) is 5.88 Å². The third-order valence-electron chi connectivity index (χ3n) is 2.70. The molecule has 5 nitrogen and oxygen atoms in total. The first-order valence-corrected chi connectivity index (χ1v) is 7.07. The Morgan fingerprint density at radius 2 is 1.71 bits per heavy atom. The molecule has 0 aliphatic carbocycles. The number of alkyl halides is 3. The van der Waals surface area contributed by atoms with E-state index in [1.807, 2.05) is 0 Å². The van der Waals surface area contributed by atoms with Gasteiger partial charge in [-0.3, -0.25) is 0 Å². The van der Waals surface area contributed by atoms with Crippen LogP contribution in [0.25, 0.3) is 0 Å². The van der Waals surface area contributed by atoms with E-state index in [1.54, 1.807) is 48.7 Å². The fourth-order valence-electron chi connectivity index (χ4n) is 1.68. The number of rotatable bonds is 8. The molecule has 0 bridgehead atoms. The van der Waals surface area contributed by atoms with Crippen molar-refractivity contribution >= 4 is 0 Å². The average Bonchev–Trinajstić information content (AvgIpc) is 2.54. The van der Waals surface area contributed by atoms with Crippen molar-refractivity contribution in [2.45, 2.75) is 12.3 Å². The third kappa shape index (κ3) is 6.84. The lowest BCUT2D eigenvalue weighted by Gasteiger charge is -2.14. The number of pyridine rings is 1. The second-order valence-corrected chi connectivity index (χ2v) is 4.84. The fraction of sp³-hybridized carbons (Fsp3) is 0.312. The number of halogens is 3. The molecule has 1 heterocycles. The van der Waals surface area contributed by atoms with E-state index in [4.69, 9.17) is 9.47 Å². The second kappa shape index (κ2) is 8.51. The third-order valence-corrected chi connectivity index (χ3v) is 2.70. The summed E-state index contributed by atoms with van der Waals surface area (Å²) < 4.78 is 50.8. The van der Waals surface area contributed by atoms with Crippen molar-refractivity contribution in [3.05, 3.63) is 48.7 Å². The Bertz CT molecular complexity index is 605. The van der Waals surface area contributed by atoms with Crippen LogP contribution >= 0.6 is 0 Å². The first-order chi connectivity index (χ1) is 11.4. The maximum atomic E-state index is 11.9. The molecule has 0 amide bonds. The average molecular weight is 343 g/mol. The van der Waals surface area contributed by atoms with E-state index in [2.05, 4.69) is 9.72 Å². The standard InChI is InChI=1S/C16H16F3NO4/c17-16(18,19)11-22-9-12(21)10-23-13-4-6-14(7-5-13)24-15-3-1-2-8-20-15/h1-8,12,21H,9-11H2. The highest BCUT2D eigenvalue weighted by atomic mass is 19.4. The summed E-state index contributed by atoms with van der Waals surface area (Å²) in [5.74, 6) is 1.44. The van der Waals surface area contributed by atoms with Crippen LogP contribution in [0.5, 0.6) is 17.4 Å². The number of hydrogen-bond acceptors (Lipinski definition) is 5. The topological polar surface area (TPSA) is 60.8 Å². The lowest BCUT2D eigenvalue weighted by atomic mass is 10.3. The van der Waals surface area contributed by atoms with Gasteiger partial charge in [-0.25, -0.2) is 4.98 Å². The van der Waals surface area contributed by atoms with Crippen molar-refractivity contribution in [1.29, 1.82) is 0 Å². The highest BCUT2D eigenvalue weighted by Gasteiger charge is 2.27. The SMILES string of the molecule is OC(COCC(F)(F)F)COc1ccc(Oc2ccccn2)cc1. The lowest BCUT2D eigenvalue weighted by Crippen LogP contribution is -2.27. The molecule has 24 heavy (non-hydrogen) atoms. The van der Waals surface area contributed by atoms with E-state index in [9.17, 15) is 18.3 Å². The molecule has 2 rings (SSSR count). The van der Waals surface area contributed by atoms with Gasteiger partial charge in [-0.1, -0.05) is 6.07 Å². The van der Waals surface area contributed by atoms with Crippen LogP contribution in [-0.2, 0) is 4.74 Å². The van der Waals surface area contributed by atoms with Crippen molar-refractivity contribution in [3.63, 3.8) is 0 Å². The molecule has 1 N–H and O–H groups in total. The lowest BCUT2D eigenvalue weighted by molar-refractivity contribution is -0.179. The Hall–Kier alpha value is -2.32. The van der Waals surface area contributed by atoms with Gasteiger partial charge in [0, 0.05) is 12.3 Å². The summed E-state index contributed by atoms with van der Waals surface area (Å²) in [6.07, 6.45) is -3.96. The molecular weight excluding hydrogens is 327 g/mol. The summed E-state index contributed by atoms with van der Waals surface area (Å²) >= 11 is 0. The summed E-state index contributed by atoms with van der Waals surface area (Å²) in [5.41, 5.74) is 0. The second-order valence-electron chi connectivity index (χ2n) is 4.84. The Kier molecular flexibility index (Phi) is 6.39. The molecule has 0 radical (unpaired) electrons. The van der Waals surface area contributed by atoms with Gasteiger partial charge < -0.3 is 19.3 Å². The first-order valence-electron chi connectivity index (χ1n) is 7.07. The Balaban J connectivity index is 1.73. The molecule has 130 valence electrons. The number of aromatic nitrogens is 1. The quantitative estimate of drug-likeness (QED) is 0.798. The molecule has 0 aliphatic rings. The summed E-state index contributed by atoms with van der Waals surface area (Å²) in [4.78, 5) is 4.02. The van der Waals surface area contributed by atoms with Crippen LogP contribution in [0.3, 0.4) is 0 Å². The van der Waals surface area contributed by atoms with E-state index < -0.39 is 25.5 Å². The summed E-state index contributed by atoms with van der Waals surface area (Å²) in [7, 11) is 0. The van der Waals surface area contributed by atoms with Crippen molar-refractivity contribution in [2.24, 2.45) is 0 Å². The van der Waals surface area contributed by atoms with Gasteiger partial charge in [0.25, 0.3) is 0 Å². The van der Waals surface area contributed by atoms with Crippen molar-refractivity contribution in [3.8, 4) is 17.4 Å². The molecule has 0 fully saturated rings. The van der Waals surface area contributed by atoms with E-state index in [1.165, 1.54) is 0 Å². The molecule has 1 unspecified atom stereocenters. The van der Waals surface area contributed by atoms with Gasteiger partial charge in [-0.05, 0) is 30.3 Å². The first kappa shape index (κ1) is 18.0. The molecule has 0 saturated heterocycles. The molecular formula is C16H16F3NO4. The highest BCUT2D eigenvalue weighted by molar-refractivity contribution is 5.33. The van der Waals surface area contributed by atoms with Crippen LogP contribution in [0.1, 0.15) is 0 Å². The molecule has 1 atom stereocenters. The normalized spacial score (nSPS) is 12.7. The number of ether oxygens (including phenoxy) is 3. The maximum absolute atomic E-state index is 11.9. The molecule has 2 aromatic rings. The molecule has 0 spiro atoms. The van der Waals surface area contributed by atoms with Crippen molar-refractivity contribution in [2.75, 3.05) is 19.8 Å². The van der Waals surface area contributed by atoms with Gasteiger partial charge in [0.15, 0.2) is 0 Å². The minimum atomic E-state index is -4.41. The Morgan fingerprint density at radius 1 is 1.00 bits per heavy atom. The van der Waals surface area contributed by atoms with E-state index >= 15 is 0 Å². The molecule has 0 saturated carbocycles.